The summed E-state index contributed by atoms with van der Waals surface area (Å²) in [6.07, 6.45) is -0.348. The van der Waals surface area contributed by atoms with E-state index in [0.29, 0.717) is 5.56 Å². The lowest BCUT2D eigenvalue weighted by Gasteiger charge is -2.27. The summed E-state index contributed by atoms with van der Waals surface area (Å²) in [5.41, 5.74) is 5.77. The van der Waals surface area contributed by atoms with Gasteiger partial charge in [0.25, 0.3) is 17.7 Å². The van der Waals surface area contributed by atoms with E-state index in [2.05, 4.69) is 10.6 Å². The van der Waals surface area contributed by atoms with Crippen molar-refractivity contribution >= 4 is 23.6 Å². The van der Waals surface area contributed by atoms with Crippen molar-refractivity contribution in [3.8, 4) is 0 Å². The maximum Gasteiger partial charge on any atom is 0.262 e. The summed E-state index contributed by atoms with van der Waals surface area (Å²) in [5.74, 6) is -5.34. The zero-order chi connectivity index (χ0) is 20.5. The van der Waals surface area contributed by atoms with Crippen LogP contribution in [0.2, 0.25) is 0 Å². The second-order valence-electron chi connectivity index (χ2n) is 6.77. The summed E-state index contributed by atoms with van der Waals surface area (Å²) in [4.78, 5) is 49.8. The number of fused-ring (bicyclic) bond motifs is 1. The van der Waals surface area contributed by atoms with E-state index in [4.69, 9.17) is 5.73 Å². The Morgan fingerprint density at radius 2 is 1.96 bits per heavy atom. The second kappa shape index (κ2) is 7.72. The first kappa shape index (κ1) is 20.0. The van der Waals surface area contributed by atoms with Crippen LogP contribution in [0, 0.1) is 0 Å². The first-order valence-corrected chi connectivity index (χ1v) is 8.87. The molecule has 10 heteroatoms. The maximum absolute atomic E-state index is 13.2. The molecule has 28 heavy (non-hydrogen) atoms. The average Bonchev–Trinajstić information content (AvgIpc) is 2.91. The Balaban J connectivity index is 1.75. The summed E-state index contributed by atoms with van der Waals surface area (Å²) in [5, 5.41) is 4.96. The molecular weight excluding hydrogens is 374 g/mol. The number of benzene rings is 1. The van der Waals surface area contributed by atoms with Crippen molar-refractivity contribution in [2.75, 3.05) is 13.1 Å². The number of amides is 4. The molecule has 2 heterocycles. The third-order valence-corrected chi connectivity index (χ3v) is 4.84. The Kier molecular flexibility index (Phi) is 5.52. The molecule has 0 spiro atoms. The first-order valence-electron chi connectivity index (χ1n) is 8.87. The normalized spacial score (nSPS) is 19.8. The number of piperidine rings is 1. The molecule has 4 amide bonds. The van der Waals surface area contributed by atoms with Crippen LogP contribution in [-0.4, -0.2) is 53.6 Å². The van der Waals surface area contributed by atoms with E-state index in [1.807, 2.05) is 0 Å². The topological polar surface area (TPSA) is 122 Å². The quantitative estimate of drug-likeness (QED) is 0.448. The first-order chi connectivity index (χ1) is 13.2. The molecule has 0 radical (unpaired) electrons. The van der Waals surface area contributed by atoms with Gasteiger partial charge in [0.2, 0.25) is 11.8 Å². The van der Waals surface area contributed by atoms with Gasteiger partial charge in [0.05, 0.1) is 17.7 Å². The number of nitrogens with one attached hydrogen (secondary N) is 2. The van der Waals surface area contributed by atoms with Crippen LogP contribution >= 0.6 is 0 Å². The van der Waals surface area contributed by atoms with Crippen LogP contribution in [0.5, 0.6) is 0 Å². The van der Waals surface area contributed by atoms with Gasteiger partial charge in [0.1, 0.15) is 6.04 Å². The Morgan fingerprint density at radius 3 is 2.64 bits per heavy atom. The molecule has 1 saturated heterocycles. The van der Waals surface area contributed by atoms with Crippen molar-refractivity contribution in [2.45, 2.75) is 37.8 Å². The number of alkyl halides is 2. The van der Waals surface area contributed by atoms with E-state index in [0.717, 1.165) is 4.90 Å². The zero-order valence-corrected chi connectivity index (χ0v) is 15.0. The number of imide groups is 2. The van der Waals surface area contributed by atoms with Gasteiger partial charge in [0.15, 0.2) is 0 Å². The van der Waals surface area contributed by atoms with Crippen LogP contribution in [0.3, 0.4) is 0 Å². The van der Waals surface area contributed by atoms with Crippen molar-refractivity contribution in [2.24, 2.45) is 5.73 Å². The summed E-state index contributed by atoms with van der Waals surface area (Å²) < 4.78 is 26.4. The van der Waals surface area contributed by atoms with Gasteiger partial charge >= 0.3 is 0 Å². The van der Waals surface area contributed by atoms with Crippen molar-refractivity contribution < 1.29 is 28.0 Å². The number of carbonyl (C=O) groups is 4. The molecular formula is C18H20F2N4O4. The van der Waals surface area contributed by atoms with E-state index in [9.17, 15) is 28.0 Å². The van der Waals surface area contributed by atoms with Crippen LogP contribution in [0.25, 0.3) is 0 Å². The van der Waals surface area contributed by atoms with Crippen molar-refractivity contribution in [1.29, 1.82) is 0 Å². The molecule has 0 aromatic heterocycles. The Bertz CT molecular complexity index is 843. The minimum atomic E-state index is -2.97. The molecule has 1 atom stereocenters. The lowest BCUT2D eigenvalue weighted by atomic mass is 10.0. The molecule has 8 nitrogen and oxygen atoms in total. The zero-order valence-electron chi connectivity index (χ0n) is 15.0. The van der Waals surface area contributed by atoms with Crippen molar-refractivity contribution in [1.82, 2.24) is 15.5 Å². The molecule has 0 saturated carbocycles. The Morgan fingerprint density at radius 1 is 1.21 bits per heavy atom. The monoisotopic (exact) mass is 394 g/mol. The molecule has 1 fully saturated rings. The predicted molar refractivity (Wildman–Crippen MR) is 93.4 cm³/mol. The highest BCUT2D eigenvalue weighted by Crippen LogP contribution is 2.30. The number of nitrogens with two attached hydrogens (primary N) is 1. The van der Waals surface area contributed by atoms with Gasteiger partial charge in [-0.1, -0.05) is 12.1 Å². The highest BCUT2D eigenvalue weighted by Gasteiger charge is 2.45. The number of hydrogen-bond donors (Lipinski definition) is 3. The van der Waals surface area contributed by atoms with Gasteiger partial charge < -0.3 is 11.1 Å². The highest BCUT2D eigenvalue weighted by molar-refractivity contribution is 6.24. The molecule has 1 aromatic carbocycles. The van der Waals surface area contributed by atoms with E-state index < -0.39 is 48.6 Å². The molecule has 2 aliphatic rings. The van der Waals surface area contributed by atoms with Crippen LogP contribution < -0.4 is 16.4 Å². The van der Waals surface area contributed by atoms with E-state index in [-0.39, 0.29) is 37.1 Å². The van der Waals surface area contributed by atoms with Crippen LogP contribution in [0.4, 0.5) is 8.78 Å². The fraction of sp³-hybridized carbons (Fsp3) is 0.444. The third kappa shape index (κ3) is 3.78. The van der Waals surface area contributed by atoms with Gasteiger partial charge in [-0.3, -0.25) is 29.4 Å². The second-order valence-corrected chi connectivity index (χ2v) is 6.77. The molecule has 1 unspecified atom stereocenters. The summed E-state index contributed by atoms with van der Waals surface area (Å²) in [7, 11) is 0. The molecule has 4 N–H and O–H groups in total. The standard InChI is InChI=1S/C18H20F2N4O4/c19-18(20,9-21)6-7-22-8-10-2-1-3-11-14(10)17(28)24(16(11)27)12-4-5-13(25)23-15(12)26/h1-3,12,22H,4-9,21H2,(H,23,25,26). The minimum absolute atomic E-state index is 0.0210. The van der Waals surface area contributed by atoms with Gasteiger partial charge in [-0.2, -0.15) is 0 Å². The number of hydrogen-bond acceptors (Lipinski definition) is 6. The number of nitrogens with zero attached hydrogens (tertiary/aromatic N) is 1. The number of carbonyl (C=O) groups excluding carboxylic acids is 4. The fourth-order valence-electron chi connectivity index (χ4n) is 3.33. The van der Waals surface area contributed by atoms with Gasteiger partial charge in [-0.15, -0.1) is 0 Å². The lowest BCUT2D eigenvalue weighted by molar-refractivity contribution is -0.136. The molecule has 0 aliphatic carbocycles. The highest BCUT2D eigenvalue weighted by atomic mass is 19.3. The summed E-state index contributed by atoms with van der Waals surface area (Å²) >= 11 is 0. The summed E-state index contributed by atoms with van der Waals surface area (Å²) in [6.45, 7) is -0.664. The van der Waals surface area contributed by atoms with Crippen LogP contribution in [0.15, 0.2) is 18.2 Å². The SMILES string of the molecule is NCC(F)(F)CCNCc1cccc2c1C(=O)N(C1CCC(=O)NC1=O)C2=O. The number of halogens is 2. The van der Waals surface area contributed by atoms with E-state index in [1.165, 1.54) is 6.07 Å². The summed E-state index contributed by atoms with van der Waals surface area (Å²) in [6, 6.07) is 3.64. The average molecular weight is 394 g/mol. The molecule has 1 aromatic rings. The van der Waals surface area contributed by atoms with Crippen molar-refractivity contribution in [3.05, 3.63) is 34.9 Å². The number of rotatable bonds is 7. The van der Waals surface area contributed by atoms with E-state index >= 15 is 0 Å². The fourth-order valence-corrected chi connectivity index (χ4v) is 3.33. The predicted octanol–water partition coefficient (Wildman–Crippen LogP) is 0.161. The Hall–Kier alpha value is -2.72. The van der Waals surface area contributed by atoms with Crippen LogP contribution in [-0.2, 0) is 16.1 Å². The Labute approximate surface area is 159 Å². The molecule has 2 aliphatic heterocycles. The van der Waals surface area contributed by atoms with Gasteiger partial charge in [-0.25, -0.2) is 8.78 Å². The third-order valence-electron chi connectivity index (χ3n) is 4.84. The van der Waals surface area contributed by atoms with Gasteiger partial charge in [-0.05, 0) is 18.1 Å². The molecule has 3 rings (SSSR count). The maximum atomic E-state index is 13.2. The van der Waals surface area contributed by atoms with Crippen LogP contribution in [0.1, 0.15) is 45.5 Å². The van der Waals surface area contributed by atoms with Gasteiger partial charge in [0, 0.05) is 25.9 Å². The van der Waals surface area contributed by atoms with E-state index in [1.54, 1.807) is 12.1 Å². The van der Waals surface area contributed by atoms with Crippen molar-refractivity contribution in [3.63, 3.8) is 0 Å². The smallest absolute Gasteiger partial charge is 0.262 e. The molecule has 0 bridgehead atoms. The largest absolute Gasteiger partial charge is 0.325 e. The minimum Gasteiger partial charge on any atom is -0.325 e. The lowest BCUT2D eigenvalue weighted by Crippen LogP contribution is -2.54. The molecule has 150 valence electrons.